The second-order valence-corrected chi connectivity index (χ2v) is 10.1. The Morgan fingerprint density at radius 1 is 1.18 bits per heavy atom. The molecule has 3 rings (SSSR count). The van der Waals surface area contributed by atoms with Crippen LogP contribution in [0.25, 0.3) is 0 Å². The fraction of sp³-hybridized carbons (Fsp3) is 0.667. The largest absolute Gasteiger partial charge is 0.442 e. The highest BCUT2D eigenvalue weighted by atomic mass is 19.1. The van der Waals surface area contributed by atoms with E-state index in [2.05, 4.69) is 11.9 Å². The number of ether oxygens (including phenoxy) is 2. The number of rotatable bonds is 15. The minimum absolute atomic E-state index is 0.00632. The smallest absolute Gasteiger partial charge is 0.414 e. The molecule has 2 saturated heterocycles. The summed E-state index contributed by atoms with van der Waals surface area (Å²) in [7, 11) is 0. The maximum absolute atomic E-state index is 15.0. The second-order valence-electron chi connectivity index (χ2n) is 10.1. The van der Waals surface area contributed by atoms with Crippen LogP contribution >= 0.6 is 0 Å². The molecule has 2 fully saturated rings. The molecule has 0 bridgehead atoms. The lowest BCUT2D eigenvalue weighted by atomic mass is 10.1. The average molecular weight is 550 g/mol. The van der Waals surface area contributed by atoms with Gasteiger partial charge in [0.2, 0.25) is 5.91 Å². The Kier molecular flexibility index (Phi) is 12.1. The van der Waals surface area contributed by atoms with Gasteiger partial charge in [0, 0.05) is 26.2 Å². The van der Waals surface area contributed by atoms with Gasteiger partial charge in [-0.2, -0.15) is 0 Å². The molecule has 1 aromatic carbocycles. The quantitative estimate of drug-likeness (QED) is 0.171. The summed E-state index contributed by atoms with van der Waals surface area (Å²) < 4.78 is 25.9. The zero-order chi connectivity index (χ0) is 28.2. The van der Waals surface area contributed by atoms with Crippen molar-refractivity contribution in [3.8, 4) is 0 Å². The van der Waals surface area contributed by atoms with Crippen LogP contribution in [0.4, 0.5) is 20.6 Å². The predicted octanol–water partition coefficient (Wildman–Crippen LogP) is 2.17. The van der Waals surface area contributed by atoms with Crippen LogP contribution in [0, 0.1) is 5.82 Å². The molecule has 0 aliphatic carbocycles. The number of morpholine rings is 1. The van der Waals surface area contributed by atoms with Crippen LogP contribution in [0.1, 0.15) is 51.9 Å². The van der Waals surface area contributed by atoms with Gasteiger partial charge in [0.05, 0.1) is 43.7 Å². The molecule has 0 aromatic heterocycles. The first kappa shape index (κ1) is 30.4. The lowest BCUT2D eigenvalue weighted by Crippen LogP contribution is -2.47. The molecule has 2 heterocycles. The van der Waals surface area contributed by atoms with E-state index in [4.69, 9.17) is 26.7 Å². The van der Waals surface area contributed by atoms with Crippen LogP contribution in [0.3, 0.4) is 0 Å². The molecule has 12 heteroatoms. The van der Waals surface area contributed by atoms with Crippen molar-refractivity contribution in [3.63, 3.8) is 0 Å². The van der Waals surface area contributed by atoms with Gasteiger partial charge in [0.25, 0.3) is 0 Å². The Bertz CT molecular complexity index is 969. The number of cyclic esters (lactones) is 1. The molecular weight excluding hydrogens is 505 g/mol. The number of nitrogens with zero attached hydrogens (tertiary/aromatic N) is 4. The van der Waals surface area contributed by atoms with Crippen LogP contribution in [-0.4, -0.2) is 87.5 Å². The second kappa shape index (κ2) is 15.5. The Hall–Kier alpha value is -3.12. The van der Waals surface area contributed by atoms with Crippen molar-refractivity contribution in [2.45, 2.75) is 64.0 Å². The summed E-state index contributed by atoms with van der Waals surface area (Å²) in [5.74, 6) is -0.585. The monoisotopic (exact) mass is 549 g/mol. The fourth-order valence-corrected chi connectivity index (χ4v) is 4.87. The molecule has 0 radical (unpaired) electrons. The van der Waals surface area contributed by atoms with Gasteiger partial charge < -0.3 is 36.5 Å². The van der Waals surface area contributed by atoms with Gasteiger partial charge in [-0.25, -0.2) is 9.18 Å². The zero-order valence-electron chi connectivity index (χ0n) is 23.0. The molecule has 218 valence electrons. The van der Waals surface area contributed by atoms with E-state index in [9.17, 15) is 14.0 Å². The number of carbonyl (C=O) groups is 2. The SMILES string of the molecule is CCCCCCCN(C[C@H]1CN(c2ccc(N3CCOCC3)c(F)c2)C(=O)O1)C(=O)[C@@H](N)CCCN=C(N)N. The molecule has 2 atom stereocenters. The highest BCUT2D eigenvalue weighted by Crippen LogP contribution is 2.28. The predicted molar refractivity (Wildman–Crippen MR) is 150 cm³/mol. The number of amides is 2. The van der Waals surface area contributed by atoms with Crippen molar-refractivity contribution < 1.29 is 23.5 Å². The number of halogens is 1. The van der Waals surface area contributed by atoms with E-state index < -0.39 is 24.1 Å². The zero-order valence-corrected chi connectivity index (χ0v) is 23.0. The van der Waals surface area contributed by atoms with E-state index in [1.165, 1.54) is 11.0 Å². The highest BCUT2D eigenvalue weighted by Gasteiger charge is 2.35. The van der Waals surface area contributed by atoms with Crippen molar-refractivity contribution in [3.05, 3.63) is 24.0 Å². The topological polar surface area (TPSA) is 153 Å². The maximum Gasteiger partial charge on any atom is 0.414 e. The number of aliphatic imine (C=N–C) groups is 1. The molecule has 6 N–H and O–H groups in total. The van der Waals surface area contributed by atoms with Crippen LogP contribution in [0.15, 0.2) is 23.2 Å². The van der Waals surface area contributed by atoms with Crippen LogP contribution in [-0.2, 0) is 14.3 Å². The molecule has 0 spiro atoms. The van der Waals surface area contributed by atoms with Gasteiger partial charge in [0.1, 0.15) is 11.9 Å². The number of nitrogens with two attached hydrogens (primary N) is 3. The van der Waals surface area contributed by atoms with Gasteiger partial charge in [-0.15, -0.1) is 0 Å². The third-order valence-corrected chi connectivity index (χ3v) is 7.02. The van der Waals surface area contributed by atoms with E-state index in [-0.39, 0.29) is 25.0 Å². The molecule has 0 unspecified atom stereocenters. The van der Waals surface area contributed by atoms with Crippen molar-refractivity contribution in [2.75, 3.05) is 62.3 Å². The minimum atomic E-state index is -0.704. The van der Waals surface area contributed by atoms with Crippen LogP contribution in [0.2, 0.25) is 0 Å². The lowest BCUT2D eigenvalue weighted by molar-refractivity contribution is -0.134. The molecule has 2 amide bonds. The van der Waals surface area contributed by atoms with Crippen LogP contribution in [0.5, 0.6) is 0 Å². The molecule has 11 nitrogen and oxygen atoms in total. The van der Waals surface area contributed by atoms with Crippen molar-refractivity contribution in [1.29, 1.82) is 0 Å². The van der Waals surface area contributed by atoms with E-state index in [0.29, 0.717) is 63.6 Å². The van der Waals surface area contributed by atoms with Crippen LogP contribution < -0.4 is 27.0 Å². The molecule has 2 aliphatic heterocycles. The Labute approximate surface area is 230 Å². The number of benzene rings is 1. The number of unbranched alkanes of at least 4 members (excludes halogenated alkanes) is 4. The minimum Gasteiger partial charge on any atom is -0.442 e. The highest BCUT2D eigenvalue weighted by molar-refractivity contribution is 5.90. The molecule has 2 aliphatic rings. The van der Waals surface area contributed by atoms with E-state index in [1.807, 2.05) is 4.90 Å². The van der Waals surface area contributed by atoms with Crippen molar-refractivity contribution in [2.24, 2.45) is 22.2 Å². The Morgan fingerprint density at radius 3 is 2.62 bits per heavy atom. The first-order valence-corrected chi connectivity index (χ1v) is 14.0. The number of carbonyl (C=O) groups excluding carboxylic acids is 2. The van der Waals surface area contributed by atoms with Crippen molar-refractivity contribution >= 4 is 29.3 Å². The lowest BCUT2D eigenvalue weighted by Gasteiger charge is -2.29. The third-order valence-electron chi connectivity index (χ3n) is 7.02. The Morgan fingerprint density at radius 2 is 1.92 bits per heavy atom. The fourth-order valence-electron chi connectivity index (χ4n) is 4.87. The summed E-state index contributed by atoms with van der Waals surface area (Å²) in [6.45, 7) is 5.85. The molecular formula is C27H44FN7O4. The van der Waals surface area contributed by atoms with E-state index >= 15 is 0 Å². The normalized spacial score (nSPS) is 18.1. The summed E-state index contributed by atoms with van der Waals surface area (Å²) >= 11 is 0. The summed E-state index contributed by atoms with van der Waals surface area (Å²) in [6.07, 6.45) is 5.12. The average Bonchev–Trinajstić information content (AvgIpc) is 3.29. The van der Waals surface area contributed by atoms with Crippen molar-refractivity contribution in [1.82, 2.24) is 4.90 Å². The van der Waals surface area contributed by atoms with Gasteiger partial charge in [-0.05, 0) is 37.5 Å². The molecule has 1 aromatic rings. The number of anilines is 2. The first-order chi connectivity index (χ1) is 18.8. The Balaban J connectivity index is 1.62. The molecule has 39 heavy (non-hydrogen) atoms. The number of guanidine groups is 1. The first-order valence-electron chi connectivity index (χ1n) is 14.0. The standard InChI is InChI=1S/C27H44FN7O4/c1-2-3-4-5-6-12-34(25(36)23(29)8-7-11-32-26(30)31)18-21-19-35(27(37)39-21)20-9-10-24(22(28)17-20)33-13-15-38-16-14-33/h9-10,17,21,23H,2-8,11-16,18-19,29H2,1H3,(H4,30,31,32)/t21-,23-/m0/s1. The van der Waals surface area contributed by atoms with E-state index in [0.717, 1.165) is 32.1 Å². The van der Waals surface area contributed by atoms with E-state index in [1.54, 1.807) is 17.0 Å². The van der Waals surface area contributed by atoms with Gasteiger partial charge in [-0.1, -0.05) is 32.6 Å². The number of hydrogen-bond donors (Lipinski definition) is 3. The summed E-state index contributed by atoms with van der Waals surface area (Å²) in [5, 5.41) is 0. The van der Waals surface area contributed by atoms with Gasteiger partial charge in [-0.3, -0.25) is 14.7 Å². The summed E-state index contributed by atoms with van der Waals surface area (Å²) in [4.78, 5) is 34.9. The molecule has 0 saturated carbocycles. The van der Waals surface area contributed by atoms with Gasteiger partial charge >= 0.3 is 6.09 Å². The maximum atomic E-state index is 15.0. The third kappa shape index (κ3) is 9.24. The number of hydrogen-bond acceptors (Lipinski definition) is 7. The summed E-state index contributed by atoms with van der Waals surface area (Å²) in [6, 6.07) is 4.06. The summed E-state index contributed by atoms with van der Waals surface area (Å²) in [5.41, 5.74) is 17.9. The van der Waals surface area contributed by atoms with Gasteiger partial charge in [0.15, 0.2) is 5.96 Å².